The second-order valence-electron chi connectivity index (χ2n) is 6.96. The molecule has 0 radical (unpaired) electrons. The highest BCUT2D eigenvalue weighted by molar-refractivity contribution is 7.17. The Kier molecular flexibility index (Phi) is 5.32. The summed E-state index contributed by atoms with van der Waals surface area (Å²) < 4.78 is 5.77. The summed E-state index contributed by atoms with van der Waals surface area (Å²) in [4.78, 5) is 25.3. The SMILES string of the molecule is Cc1ccc(C(C)C)c(OCC(=O)Nc2sc3c(c2C(N)=O)CCC3)c1. The number of benzene rings is 1. The molecular weight excluding hydrogens is 348 g/mol. The minimum Gasteiger partial charge on any atom is -0.483 e. The first-order chi connectivity index (χ1) is 12.4. The van der Waals surface area contributed by atoms with Gasteiger partial charge >= 0.3 is 0 Å². The van der Waals surface area contributed by atoms with Gasteiger partial charge in [0.05, 0.1) is 5.56 Å². The number of carbonyl (C=O) groups excluding carboxylic acids is 2. The van der Waals surface area contributed by atoms with E-state index >= 15 is 0 Å². The molecule has 138 valence electrons. The highest BCUT2D eigenvalue weighted by Crippen LogP contribution is 2.38. The fourth-order valence-electron chi connectivity index (χ4n) is 3.30. The van der Waals surface area contributed by atoms with Crippen molar-refractivity contribution < 1.29 is 14.3 Å². The monoisotopic (exact) mass is 372 g/mol. The highest BCUT2D eigenvalue weighted by atomic mass is 32.1. The number of amides is 2. The molecule has 5 nitrogen and oxygen atoms in total. The molecule has 0 aliphatic heterocycles. The molecule has 0 spiro atoms. The Labute approximate surface area is 157 Å². The maximum absolute atomic E-state index is 12.4. The fraction of sp³-hybridized carbons (Fsp3) is 0.400. The van der Waals surface area contributed by atoms with E-state index in [1.165, 1.54) is 11.3 Å². The first-order valence-electron chi connectivity index (χ1n) is 8.84. The lowest BCUT2D eigenvalue weighted by Gasteiger charge is -2.14. The molecule has 2 aromatic rings. The Hall–Kier alpha value is -2.34. The number of hydrogen-bond acceptors (Lipinski definition) is 4. The maximum Gasteiger partial charge on any atom is 0.262 e. The molecule has 0 atom stereocenters. The normalized spacial score (nSPS) is 12.9. The quantitative estimate of drug-likeness (QED) is 0.809. The summed E-state index contributed by atoms with van der Waals surface area (Å²) in [6.07, 6.45) is 2.81. The number of ether oxygens (including phenoxy) is 1. The second-order valence-corrected chi connectivity index (χ2v) is 8.06. The average molecular weight is 372 g/mol. The molecule has 1 heterocycles. The number of fused-ring (bicyclic) bond motifs is 1. The van der Waals surface area contributed by atoms with Gasteiger partial charge in [0.2, 0.25) is 0 Å². The molecule has 1 aliphatic carbocycles. The summed E-state index contributed by atoms with van der Waals surface area (Å²) in [6, 6.07) is 6.01. The summed E-state index contributed by atoms with van der Waals surface area (Å²) in [5.41, 5.74) is 9.14. The third-order valence-corrected chi connectivity index (χ3v) is 5.78. The van der Waals surface area contributed by atoms with Gasteiger partial charge in [-0.25, -0.2) is 0 Å². The molecule has 26 heavy (non-hydrogen) atoms. The lowest BCUT2D eigenvalue weighted by Crippen LogP contribution is -2.22. The van der Waals surface area contributed by atoms with Gasteiger partial charge in [-0.3, -0.25) is 9.59 Å². The van der Waals surface area contributed by atoms with Crippen molar-refractivity contribution in [2.75, 3.05) is 11.9 Å². The Morgan fingerprint density at radius 3 is 2.77 bits per heavy atom. The molecule has 3 N–H and O–H groups in total. The van der Waals surface area contributed by atoms with E-state index in [0.29, 0.717) is 16.5 Å². The second kappa shape index (κ2) is 7.50. The maximum atomic E-state index is 12.4. The van der Waals surface area contributed by atoms with Crippen LogP contribution >= 0.6 is 11.3 Å². The van der Waals surface area contributed by atoms with Crippen molar-refractivity contribution in [1.82, 2.24) is 0 Å². The number of nitrogens with one attached hydrogen (secondary N) is 1. The van der Waals surface area contributed by atoms with E-state index in [1.807, 2.05) is 25.1 Å². The summed E-state index contributed by atoms with van der Waals surface area (Å²) >= 11 is 1.45. The number of hydrogen-bond donors (Lipinski definition) is 2. The number of primary amides is 1. The van der Waals surface area contributed by atoms with Crippen LogP contribution in [-0.2, 0) is 17.6 Å². The molecule has 2 amide bonds. The van der Waals surface area contributed by atoms with Crippen LogP contribution in [0, 0.1) is 6.92 Å². The predicted molar refractivity (Wildman–Crippen MR) is 104 cm³/mol. The van der Waals surface area contributed by atoms with Crippen molar-refractivity contribution in [2.24, 2.45) is 5.73 Å². The van der Waals surface area contributed by atoms with E-state index in [9.17, 15) is 9.59 Å². The van der Waals surface area contributed by atoms with Gasteiger partial charge in [0.25, 0.3) is 11.8 Å². The lowest BCUT2D eigenvalue weighted by molar-refractivity contribution is -0.118. The number of thiophene rings is 1. The minimum absolute atomic E-state index is 0.107. The van der Waals surface area contributed by atoms with E-state index in [4.69, 9.17) is 10.5 Å². The van der Waals surface area contributed by atoms with Crippen LogP contribution in [0.3, 0.4) is 0 Å². The van der Waals surface area contributed by atoms with Crippen LogP contribution < -0.4 is 15.8 Å². The van der Waals surface area contributed by atoms with Crippen molar-refractivity contribution in [1.29, 1.82) is 0 Å². The Bertz CT molecular complexity index is 855. The van der Waals surface area contributed by atoms with E-state index in [0.717, 1.165) is 46.6 Å². The van der Waals surface area contributed by atoms with E-state index < -0.39 is 5.91 Å². The van der Waals surface area contributed by atoms with Gasteiger partial charge in [-0.05, 0) is 54.9 Å². The van der Waals surface area contributed by atoms with E-state index in [2.05, 4.69) is 19.2 Å². The molecule has 6 heteroatoms. The summed E-state index contributed by atoms with van der Waals surface area (Å²) in [5, 5.41) is 3.35. The molecule has 0 saturated heterocycles. The van der Waals surface area contributed by atoms with Crippen LogP contribution in [-0.4, -0.2) is 18.4 Å². The van der Waals surface area contributed by atoms with Crippen LogP contribution in [0.4, 0.5) is 5.00 Å². The smallest absolute Gasteiger partial charge is 0.262 e. The van der Waals surface area contributed by atoms with Gasteiger partial charge in [-0.2, -0.15) is 0 Å². The lowest BCUT2D eigenvalue weighted by atomic mass is 10.0. The summed E-state index contributed by atoms with van der Waals surface area (Å²) in [6.45, 7) is 6.06. The van der Waals surface area contributed by atoms with Gasteiger partial charge in [0, 0.05) is 4.88 Å². The summed E-state index contributed by atoms with van der Waals surface area (Å²) in [7, 11) is 0. The number of aryl methyl sites for hydroxylation is 2. The topological polar surface area (TPSA) is 81.4 Å². The Morgan fingerprint density at radius 1 is 1.31 bits per heavy atom. The largest absolute Gasteiger partial charge is 0.483 e. The van der Waals surface area contributed by atoms with Crippen LogP contribution in [0.5, 0.6) is 5.75 Å². The first kappa shape index (κ1) is 18.5. The fourth-order valence-corrected chi connectivity index (χ4v) is 4.61. The van der Waals surface area contributed by atoms with Crippen molar-refractivity contribution in [3.8, 4) is 5.75 Å². The molecule has 1 aliphatic rings. The zero-order chi connectivity index (χ0) is 18.8. The van der Waals surface area contributed by atoms with Gasteiger partial charge in [0.15, 0.2) is 6.61 Å². The summed E-state index contributed by atoms with van der Waals surface area (Å²) in [5.74, 6) is 0.249. The Morgan fingerprint density at radius 2 is 2.08 bits per heavy atom. The minimum atomic E-state index is -0.485. The Balaban J connectivity index is 1.71. The van der Waals surface area contributed by atoms with Gasteiger partial charge in [0.1, 0.15) is 10.8 Å². The molecular formula is C20H24N2O3S. The van der Waals surface area contributed by atoms with Crippen molar-refractivity contribution in [2.45, 2.75) is 46.0 Å². The van der Waals surface area contributed by atoms with Gasteiger partial charge in [-0.1, -0.05) is 26.0 Å². The molecule has 0 unspecified atom stereocenters. The van der Waals surface area contributed by atoms with Crippen LogP contribution in [0.1, 0.15) is 58.1 Å². The average Bonchev–Trinajstić information content (AvgIpc) is 3.12. The third kappa shape index (κ3) is 3.75. The number of anilines is 1. The van der Waals surface area contributed by atoms with E-state index in [-0.39, 0.29) is 12.5 Å². The zero-order valence-electron chi connectivity index (χ0n) is 15.3. The first-order valence-corrected chi connectivity index (χ1v) is 9.66. The molecule has 0 fully saturated rings. The van der Waals surface area contributed by atoms with Crippen molar-refractivity contribution in [3.05, 3.63) is 45.3 Å². The number of rotatable bonds is 6. The van der Waals surface area contributed by atoms with Crippen LogP contribution in [0.25, 0.3) is 0 Å². The predicted octanol–water partition coefficient (Wildman–Crippen LogP) is 3.79. The molecule has 0 bridgehead atoms. The van der Waals surface area contributed by atoms with Crippen molar-refractivity contribution >= 4 is 28.2 Å². The molecule has 1 aromatic carbocycles. The van der Waals surface area contributed by atoms with Crippen LogP contribution in [0.2, 0.25) is 0 Å². The third-order valence-electron chi connectivity index (χ3n) is 4.57. The molecule has 1 aromatic heterocycles. The van der Waals surface area contributed by atoms with Crippen LogP contribution in [0.15, 0.2) is 18.2 Å². The molecule has 0 saturated carbocycles. The highest BCUT2D eigenvalue weighted by Gasteiger charge is 2.26. The molecule has 3 rings (SSSR count). The van der Waals surface area contributed by atoms with Gasteiger partial charge < -0.3 is 15.8 Å². The number of nitrogens with two attached hydrogens (primary N) is 1. The van der Waals surface area contributed by atoms with Crippen molar-refractivity contribution in [3.63, 3.8) is 0 Å². The standard InChI is InChI=1S/C20H24N2O3S/c1-11(2)13-8-7-12(3)9-15(13)25-10-17(23)22-20-18(19(21)24)14-5-4-6-16(14)26-20/h7-9,11H,4-6,10H2,1-3H3,(H2,21,24)(H,22,23). The van der Waals surface area contributed by atoms with Gasteiger partial charge in [-0.15, -0.1) is 11.3 Å². The zero-order valence-corrected chi connectivity index (χ0v) is 16.2. The number of carbonyl (C=O) groups is 2. The van der Waals surface area contributed by atoms with E-state index in [1.54, 1.807) is 0 Å².